The van der Waals surface area contributed by atoms with E-state index in [4.69, 9.17) is 0 Å². The molecule has 2 atom stereocenters. The van der Waals surface area contributed by atoms with Crippen molar-refractivity contribution in [3.05, 3.63) is 0 Å². The fraction of sp³-hybridized carbons (Fsp3) is 1.00. The minimum atomic E-state index is 0.778. The van der Waals surface area contributed by atoms with E-state index in [1.165, 1.54) is 32.4 Å². The molecule has 2 fully saturated rings. The van der Waals surface area contributed by atoms with Crippen LogP contribution in [0.5, 0.6) is 0 Å². The van der Waals surface area contributed by atoms with Crippen LogP contribution in [0.1, 0.15) is 26.2 Å². The molecule has 2 nitrogen and oxygen atoms in total. The maximum atomic E-state index is 3.70. The number of nitrogens with one attached hydrogen (secondary N) is 2. The van der Waals surface area contributed by atoms with Crippen LogP contribution in [0.4, 0.5) is 0 Å². The van der Waals surface area contributed by atoms with Crippen LogP contribution in [0.25, 0.3) is 0 Å². The maximum Gasteiger partial charge on any atom is 0.0320 e. The molecule has 2 N–H and O–H groups in total. The van der Waals surface area contributed by atoms with Crippen molar-refractivity contribution in [2.24, 2.45) is 5.92 Å². The summed E-state index contributed by atoms with van der Waals surface area (Å²) < 4.78 is 0. The van der Waals surface area contributed by atoms with Gasteiger partial charge in [0.05, 0.1) is 0 Å². The largest absolute Gasteiger partial charge is 0.314 e. The Morgan fingerprint density at radius 2 is 2.09 bits per heavy atom. The number of rotatable bonds is 2. The maximum absolute atomic E-state index is 3.70. The fourth-order valence-corrected chi connectivity index (χ4v) is 2.10. The van der Waals surface area contributed by atoms with E-state index in [0.717, 1.165) is 18.0 Å². The highest BCUT2D eigenvalue weighted by atomic mass is 15.1. The van der Waals surface area contributed by atoms with Crippen LogP contribution >= 0.6 is 0 Å². The second kappa shape index (κ2) is 3.11. The molecule has 1 heterocycles. The van der Waals surface area contributed by atoms with Crippen molar-refractivity contribution in [1.82, 2.24) is 10.6 Å². The van der Waals surface area contributed by atoms with E-state index in [0.29, 0.717) is 0 Å². The number of hydrogen-bond donors (Lipinski definition) is 2. The Morgan fingerprint density at radius 1 is 1.27 bits per heavy atom. The molecule has 0 aromatic heterocycles. The molecule has 0 radical (unpaired) electrons. The summed E-state index contributed by atoms with van der Waals surface area (Å²) in [5.74, 6) is 0.913. The van der Waals surface area contributed by atoms with Gasteiger partial charge >= 0.3 is 0 Å². The van der Waals surface area contributed by atoms with Crippen LogP contribution in [-0.4, -0.2) is 25.2 Å². The van der Waals surface area contributed by atoms with Crippen LogP contribution in [0.3, 0.4) is 0 Å². The summed E-state index contributed by atoms with van der Waals surface area (Å²) in [6, 6.07) is 1.60. The lowest BCUT2D eigenvalue weighted by Gasteiger charge is -2.32. The van der Waals surface area contributed by atoms with Gasteiger partial charge in [-0.1, -0.05) is 13.3 Å². The average Bonchev–Trinajstić information content (AvgIpc) is 2.27. The normalized spacial score (nSPS) is 39.0. The first kappa shape index (κ1) is 7.56. The third-order valence-corrected chi connectivity index (χ3v) is 3.09. The molecular weight excluding hydrogens is 136 g/mol. The molecule has 2 aliphatic rings. The standard InChI is InChI=1S/C9H18N2/c1-7-3-2-4-9(7)11-8-5-10-6-8/h7-11H,2-6H2,1H3. The number of hydrogen-bond acceptors (Lipinski definition) is 2. The van der Waals surface area contributed by atoms with Crippen LogP contribution in [0, 0.1) is 5.92 Å². The minimum Gasteiger partial charge on any atom is -0.314 e. The highest BCUT2D eigenvalue weighted by molar-refractivity contribution is 4.89. The van der Waals surface area contributed by atoms with Crippen molar-refractivity contribution in [1.29, 1.82) is 0 Å². The van der Waals surface area contributed by atoms with Crippen molar-refractivity contribution in [3.8, 4) is 0 Å². The second-order valence-corrected chi connectivity index (χ2v) is 4.04. The van der Waals surface area contributed by atoms with E-state index < -0.39 is 0 Å². The monoisotopic (exact) mass is 154 g/mol. The van der Waals surface area contributed by atoms with Gasteiger partial charge in [-0.15, -0.1) is 0 Å². The lowest BCUT2D eigenvalue weighted by molar-refractivity contribution is 0.300. The summed E-state index contributed by atoms with van der Waals surface area (Å²) in [5, 5.41) is 6.99. The smallest absolute Gasteiger partial charge is 0.0320 e. The molecule has 0 aromatic rings. The van der Waals surface area contributed by atoms with Crippen LogP contribution in [-0.2, 0) is 0 Å². The highest BCUT2D eigenvalue weighted by Gasteiger charge is 2.27. The zero-order valence-electron chi connectivity index (χ0n) is 7.27. The predicted octanol–water partition coefficient (Wildman–Crippen LogP) is 0.736. The van der Waals surface area contributed by atoms with Gasteiger partial charge in [-0.05, 0) is 18.8 Å². The van der Waals surface area contributed by atoms with Crippen molar-refractivity contribution in [3.63, 3.8) is 0 Å². The first-order chi connectivity index (χ1) is 5.36. The summed E-state index contributed by atoms with van der Waals surface area (Å²) in [6.07, 6.45) is 4.26. The van der Waals surface area contributed by atoms with Crippen molar-refractivity contribution in [2.75, 3.05) is 13.1 Å². The first-order valence-electron chi connectivity index (χ1n) is 4.83. The molecule has 1 aliphatic heterocycles. The Bertz CT molecular complexity index is 132. The highest BCUT2D eigenvalue weighted by Crippen LogP contribution is 2.25. The quantitative estimate of drug-likeness (QED) is 0.613. The molecule has 1 saturated carbocycles. The molecule has 1 saturated heterocycles. The van der Waals surface area contributed by atoms with Gasteiger partial charge in [-0.2, -0.15) is 0 Å². The molecule has 2 unspecified atom stereocenters. The molecule has 64 valence electrons. The van der Waals surface area contributed by atoms with E-state index in [1.807, 2.05) is 0 Å². The Labute approximate surface area is 68.7 Å². The zero-order valence-corrected chi connectivity index (χ0v) is 7.27. The molecule has 0 spiro atoms. The van der Waals surface area contributed by atoms with E-state index >= 15 is 0 Å². The average molecular weight is 154 g/mol. The molecular formula is C9H18N2. The van der Waals surface area contributed by atoms with E-state index in [1.54, 1.807) is 0 Å². The van der Waals surface area contributed by atoms with Crippen LogP contribution < -0.4 is 10.6 Å². The van der Waals surface area contributed by atoms with Crippen molar-refractivity contribution in [2.45, 2.75) is 38.3 Å². The van der Waals surface area contributed by atoms with Gasteiger partial charge in [0.25, 0.3) is 0 Å². The summed E-state index contributed by atoms with van der Waals surface area (Å²) in [4.78, 5) is 0. The topological polar surface area (TPSA) is 24.1 Å². The van der Waals surface area contributed by atoms with E-state index in [9.17, 15) is 0 Å². The summed E-state index contributed by atoms with van der Waals surface area (Å²) in [6.45, 7) is 4.74. The van der Waals surface area contributed by atoms with Crippen LogP contribution in [0.2, 0.25) is 0 Å². The van der Waals surface area contributed by atoms with Gasteiger partial charge in [0.15, 0.2) is 0 Å². The molecule has 2 heteroatoms. The zero-order chi connectivity index (χ0) is 7.68. The van der Waals surface area contributed by atoms with Crippen molar-refractivity contribution < 1.29 is 0 Å². The van der Waals surface area contributed by atoms with Gasteiger partial charge in [0.2, 0.25) is 0 Å². The molecule has 11 heavy (non-hydrogen) atoms. The van der Waals surface area contributed by atoms with E-state index in [2.05, 4.69) is 17.6 Å². The summed E-state index contributed by atoms with van der Waals surface area (Å²) in [7, 11) is 0. The van der Waals surface area contributed by atoms with Gasteiger partial charge in [0.1, 0.15) is 0 Å². The fourth-order valence-electron chi connectivity index (χ4n) is 2.10. The third-order valence-electron chi connectivity index (χ3n) is 3.09. The Balaban J connectivity index is 1.75. The lowest BCUT2D eigenvalue weighted by Crippen LogP contribution is -2.58. The lowest BCUT2D eigenvalue weighted by atomic mass is 10.0. The second-order valence-electron chi connectivity index (χ2n) is 4.04. The molecule has 2 rings (SSSR count). The van der Waals surface area contributed by atoms with Gasteiger partial charge < -0.3 is 10.6 Å². The Morgan fingerprint density at radius 3 is 2.55 bits per heavy atom. The van der Waals surface area contributed by atoms with E-state index in [-0.39, 0.29) is 0 Å². The van der Waals surface area contributed by atoms with Crippen LogP contribution in [0.15, 0.2) is 0 Å². The summed E-state index contributed by atoms with van der Waals surface area (Å²) >= 11 is 0. The Hall–Kier alpha value is -0.0800. The third kappa shape index (κ3) is 1.57. The molecule has 0 amide bonds. The van der Waals surface area contributed by atoms with Crippen molar-refractivity contribution >= 4 is 0 Å². The molecule has 1 aliphatic carbocycles. The van der Waals surface area contributed by atoms with Gasteiger partial charge in [0, 0.05) is 25.2 Å². The SMILES string of the molecule is CC1CCCC1NC1CNC1. The molecule has 0 aromatic carbocycles. The van der Waals surface area contributed by atoms with Gasteiger partial charge in [-0.3, -0.25) is 0 Å². The van der Waals surface area contributed by atoms with Gasteiger partial charge in [-0.25, -0.2) is 0 Å². The first-order valence-corrected chi connectivity index (χ1v) is 4.83. The Kier molecular flexibility index (Phi) is 2.14. The molecule has 0 bridgehead atoms. The minimum absolute atomic E-state index is 0.778. The predicted molar refractivity (Wildman–Crippen MR) is 46.6 cm³/mol. The summed E-state index contributed by atoms with van der Waals surface area (Å²) in [5.41, 5.74) is 0.